The number of aromatic nitrogens is 2. The molecule has 0 bridgehead atoms. The molecule has 2 heterocycles. The van der Waals surface area contributed by atoms with E-state index in [4.69, 9.17) is 21.8 Å². The summed E-state index contributed by atoms with van der Waals surface area (Å²) < 4.78 is 5.76. The Hall–Kier alpha value is -1.92. The maximum Gasteiger partial charge on any atom is 0.249 e. The Balaban J connectivity index is 1.61. The van der Waals surface area contributed by atoms with E-state index >= 15 is 0 Å². The smallest absolute Gasteiger partial charge is 0.249 e. The van der Waals surface area contributed by atoms with Gasteiger partial charge in [0.1, 0.15) is 0 Å². The van der Waals surface area contributed by atoms with Crippen molar-refractivity contribution in [1.29, 1.82) is 0 Å². The number of hydrogen-bond donors (Lipinski definition) is 1. The zero-order valence-corrected chi connectivity index (χ0v) is 14.2. The van der Waals surface area contributed by atoms with Crippen LogP contribution in [0.2, 0.25) is 5.02 Å². The number of rotatable bonds is 5. The molecule has 1 fully saturated rings. The number of benzene rings is 1. The molecule has 0 radical (unpaired) electrons. The van der Waals surface area contributed by atoms with E-state index in [-0.39, 0.29) is 5.91 Å². The average molecular weight is 349 g/mol. The lowest BCUT2D eigenvalue weighted by molar-refractivity contribution is -0.119. The van der Waals surface area contributed by atoms with Gasteiger partial charge in [0.2, 0.25) is 17.7 Å². The standard InChI is InChI=1S/C17H21ClN4O2/c18-14-6-2-1-5-13(14)17-21-20-16(24-17)11-22-8-3-4-12(7-9-22)10-15(19)23/h1-2,5-6,12H,3-4,7-11H2,(H2,19,23). The van der Waals surface area contributed by atoms with Crippen LogP contribution in [-0.2, 0) is 11.3 Å². The van der Waals surface area contributed by atoms with Crippen LogP contribution in [-0.4, -0.2) is 34.1 Å². The van der Waals surface area contributed by atoms with Gasteiger partial charge in [0, 0.05) is 6.42 Å². The van der Waals surface area contributed by atoms with E-state index in [9.17, 15) is 4.79 Å². The minimum atomic E-state index is -0.213. The number of amides is 1. The van der Waals surface area contributed by atoms with Crippen LogP contribution < -0.4 is 5.73 Å². The van der Waals surface area contributed by atoms with Gasteiger partial charge in [-0.25, -0.2) is 0 Å². The summed E-state index contributed by atoms with van der Waals surface area (Å²) in [6.07, 6.45) is 3.52. The molecule has 24 heavy (non-hydrogen) atoms. The molecule has 0 aliphatic carbocycles. The average Bonchev–Trinajstić information content (AvgIpc) is 2.89. The zero-order chi connectivity index (χ0) is 16.9. The molecule has 1 amide bonds. The predicted molar refractivity (Wildman–Crippen MR) is 91.2 cm³/mol. The first kappa shape index (κ1) is 16.9. The van der Waals surface area contributed by atoms with Crippen LogP contribution >= 0.6 is 11.6 Å². The summed E-state index contributed by atoms with van der Waals surface area (Å²) >= 11 is 6.16. The molecule has 1 saturated heterocycles. The van der Waals surface area contributed by atoms with E-state index in [1.54, 1.807) is 6.07 Å². The summed E-state index contributed by atoms with van der Waals surface area (Å²) in [5.41, 5.74) is 6.05. The Morgan fingerprint density at radius 3 is 2.92 bits per heavy atom. The first-order valence-electron chi connectivity index (χ1n) is 8.20. The van der Waals surface area contributed by atoms with Gasteiger partial charge >= 0.3 is 0 Å². The fourth-order valence-electron chi connectivity index (χ4n) is 3.12. The Morgan fingerprint density at radius 2 is 2.12 bits per heavy atom. The zero-order valence-electron chi connectivity index (χ0n) is 13.4. The molecule has 2 aromatic rings. The first-order valence-corrected chi connectivity index (χ1v) is 8.57. The molecule has 6 nitrogen and oxygen atoms in total. The Morgan fingerprint density at radius 1 is 1.29 bits per heavy atom. The van der Waals surface area contributed by atoms with Crippen LogP contribution in [0.1, 0.15) is 31.6 Å². The second-order valence-electron chi connectivity index (χ2n) is 6.22. The van der Waals surface area contributed by atoms with Gasteiger partial charge in [-0.05, 0) is 50.4 Å². The maximum atomic E-state index is 11.1. The molecule has 3 rings (SSSR count). The molecule has 0 saturated carbocycles. The Labute approximate surface area is 146 Å². The number of carbonyl (C=O) groups is 1. The van der Waals surface area contributed by atoms with Gasteiger partial charge in [-0.2, -0.15) is 0 Å². The van der Waals surface area contributed by atoms with E-state index in [2.05, 4.69) is 15.1 Å². The summed E-state index contributed by atoms with van der Waals surface area (Å²) in [4.78, 5) is 13.4. The molecule has 2 N–H and O–H groups in total. The Bertz CT molecular complexity index is 703. The van der Waals surface area contributed by atoms with Crippen molar-refractivity contribution in [3.63, 3.8) is 0 Å². The van der Waals surface area contributed by atoms with Gasteiger partial charge in [-0.3, -0.25) is 9.69 Å². The number of nitrogens with zero attached hydrogens (tertiary/aromatic N) is 3. The minimum Gasteiger partial charge on any atom is -0.419 e. The van der Waals surface area contributed by atoms with Crippen molar-refractivity contribution in [2.45, 2.75) is 32.2 Å². The van der Waals surface area contributed by atoms with E-state index in [1.807, 2.05) is 18.2 Å². The predicted octanol–water partition coefficient (Wildman–Crippen LogP) is 2.87. The molecule has 0 spiro atoms. The number of carbonyl (C=O) groups excluding carboxylic acids is 1. The van der Waals surface area contributed by atoms with Crippen LogP contribution in [0.3, 0.4) is 0 Å². The summed E-state index contributed by atoms with van der Waals surface area (Å²) in [5.74, 6) is 1.19. The van der Waals surface area contributed by atoms with Gasteiger partial charge in [0.05, 0.1) is 17.1 Å². The summed E-state index contributed by atoms with van der Waals surface area (Å²) in [6, 6.07) is 7.41. The van der Waals surface area contributed by atoms with Gasteiger partial charge in [-0.15, -0.1) is 10.2 Å². The quantitative estimate of drug-likeness (QED) is 0.897. The lowest BCUT2D eigenvalue weighted by atomic mass is 9.97. The van der Waals surface area contributed by atoms with Gasteiger partial charge in [0.25, 0.3) is 0 Å². The highest BCUT2D eigenvalue weighted by Gasteiger charge is 2.20. The summed E-state index contributed by atoms with van der Waals surface area (Å²) in [6.45, 7) is 2.47. The fourth-order valence-corrected chi connectivity index (χ4v) is 3.34. The van der Waals surface area contributed by atoms with Crippen molar-refractivity contribution in [3.05, 3.63) is 35.2 Å². The highest BCUT2D eigenvalue weighted by Crippen LogP contribution is 2.27. The first-order chi connectivity index (χ1) is 11.6. The molecule has 1 aromatic heterocycles. The van der Waals surface area contributed by atoms with Crippen LogP contribution in [0.15, 0.2) is 28.7 Å². The normalized spacial score (nSPS) is 19.1. The highest BCUT2D eigenvalue weighted by molar-refractivity contribution is 6.33. The molecule has 1 atom stereocenters. The summed E-state index contributed by atoms with van der Waals surface area (Å²) in [7, 11) is 0. The molecule has 1 aliphatic rings. The maximum absolute atomic E-state index is 11.1. The Kier molecular flexibility index (Phi) is 5.48. The van der Waals surface area contributed by atoms with Crippen molar-refractivity contribution in [1.82, 2.24) is 15.1 Å². The number of hydrogen-bond acceptors (Lipinski definition) is 5. The van der Waals surface area contributed by atoms with E-state index in [1.165, 1.54) is 0 Å². The highest BCUT2D eigenvalue weighted by atomic mass is 35.5. The topological polar surface area (TPSA) is 85.3 Å². The van der Waals surface area contributed by atoms with Crippen molar-refractivity contribution in [2.75, 3.05) is 13.1 Å². The third-order valence-corrected chi connectivity index (χ3v) is 4.69. The molecule has 1 aliphatic heterocycles. The number of halogens is 1. The van der Waals surface area contributed by atoms with Crippen molar-refractivity contribution >= 4 is 17.5 Å². The lowest BCUT2D eigenvalue weighted by Crippen LogP contribution is -2.25. The number of nitrogens with two attached hydrogens (primary N) is 1. The van der Waals surface area contributed by atoms with Crippen LogP contribution in [0.4, 0.5) is 0 Å². The molecule has 1 aromatic carbocycles. The monoisotopic (exact) mass is 348 g/mol. The van der Waals surface area contributed by atoms with Crippen molar-refractivity contribution in [3.8, 4) is 11.5 Å². The molecule has 7 heteroatoms. The largest absolute Gasteiger partial charge is 0.419 e. The van der Waals surface area contributed by atoms with E-state index < -0.39 is 0 Å². The third kappa shape index (κ3) is 4.33. The van der Waals surface area contributed by atoms with Crippen LogP contribution in [0, 0.1) is 5.92 Å². The molecule has 128 valence electrons. The second kappa shape index (κ2) is 7.77. The number of primary amides is 1. The fraction of sp³-hybridized carbons (Fsp3) is 0.471. The minimum absolute atomic E-state index is 0.213. The molecular formula is C17H21ClN4O2. The van der Waals surface area contributed by atoms with E-state index in [0.29, 0.717) is 35.7 Å². The van der Waals surface area contributed by atoms with Gasteiger partial charge in [0.15, 0.2) is 0 Å². The van der Waals surface area contributed by atoms with Crippen molar-refractivity contribution < 1.29 is 9.21 Å². The van der Waals surface area contributed by atoms with E-state index in [0.717, 1.165) is 37.9 Å². The second-order valence-corrected chi connectivity index (χ2v) is 6.63. The van der Waals surface area contributed by atoms with Gasteiger partial charge in [-0.1, -0.05) is 23.7 Å². The van der Waals surface area contributed by atoms with Crippen LogP contribution in [0.25, 0.3) is 11.5 Å². The summed E-state index contributed by atoms with van der Waals surface area (Å²) in [5, 5.41) is 8.83. The molecular weight excluding hydrogens is 328 g/mol. The third-order valence-electron chi connectivity index (χ3n) is 4.36. The molecule has 1 unspecified atom stereocenters. The van der Waals surface area contributed by atoms with Gasteiger partial charge < -0.3 is 10.2 Å². The van der Waals surface area contributed by atoms with Crippen molar-refractivity contribution in [2.24, 2.45) is 11.7 Å². The SMILES string of the molecule is NC(=O)CC1CCCN(Cc2nnc(-c3ccccc3Cl)o2)CC1. The van der Waals surface area contributed by atoms with Crippen LogP contribution in [0.5, 0.6) is 0 Å². The number of likely N-dealkylation sites (tertiary alicyclic amines) is 1. The lowest BCUT2D eigenvalue weighted by Gasteiger charge is -2.17.